The Labute approximate surface area is 123 Å². The largest absolute Gasteiger partial charge is 0.493 e. The fourth-order valence-electron chi connectivity index (χ4n) is 2.05. The third-order valence-corrected chi connectivity index (χ3v) is 3.95. The molecule has 0 radical (unpaired) electrons. The summed E-state index contributed by atoms with van der Waals surface area (Å²) in [4.78, 5) is 12.4. The van der Waals surface area contributed by atoms with Gasteiger partial charge in [-0.2, -0.15) is 0 Å². The van der Waals surface area contributed by atoms with Crippen molar-refractivity contribution >= 4 is 23.1 Å². The number of nitrogens with one attached hydrogen (secondary N) is 1. The van der Waals surface area contributed by atoms with Gasteiger partial charge in [-0.25, -0.2) is 0 Å². The van der Waals surface area contributed by atoms with Crippen LogP contribution in [-0.2, 0) is 11.3 Å². The molecule has 1 aromatic rings. The highest BCUT2D eigenvalue weighted by Crippen LogP contribution is 2.46. The summed E-state index contributed by atoms with van der Waals surface area (Å²) in [7, 11) is 3.16. The molecule has 0 unspecified atom stereocenters. The van der Waals surface area contributed by atoms with E-state index in [-0.39, 0.29) is 10.9 Å². The Morgan fingerprint density at radius 1 is 1.35 bits per heavy atom. The van der Waals surface area contributed by atoms with Crippen LogP contribution in [0.1, 0.15) is 18.4 Å². The molecule has 0 heterocycles. The number of thiocarbonyl (C=S) groups is 1. The average Bonchev–Trinajstić information content (AvgIpc) is 3.26. The van der Waals surface area contributed by atoms with Crippen LogP contribution in [0.25, 0.3) is 0 Å². The fraction of sp³-hybridized carbons (Fsp3) is 0.429. The van der Waals surface area contributed by atoms with E-state index in [4.69, 9.17) is 27.4 Å². The highest BCUT2D eigenvalue weighted by atomic mass is 32.1. The zero-order valence-corrected chi connectivity index (χ0v) is 12.4. The van der Waals surface area contributed by atoms with E-state index in [0.29, 0.717) is 18.0 Å². The zero-order chi connectivity index (χ0) is 14.8. The number of rotatable bonds is 6. The predicted octanol–water partition coefficient (Wildman–Crippen LogP) is 1.39. The second-order valence-electron chi connectivity index (χ2n) is 4.82. The van der Waals surface area contributed by atoms with Gasteiger partial charge in [0.05, 0.1) is 24.6 Å². The molecule has 2 rings (SSSR count). The summed E-state index contributed by atoms with van der Waals surface area (Å²) in [5, 5.41) is 2.87. The van der Waals surface area contributed by atoms with E-state index < -0.39 is 5.41 Å². The van der Waals surface area contributed by atoms with Crippen LogP contribution in [0.4, 0.5) is 0 Å². The van der Waals surface area contributed by atoms with Gasteiger partial charge in [0.1, 0.15) is 0 Å². The lowest BCUT2D eigenvalue weighted by Crippen LogP contribution is -2.39. The van der Waals surface area contributed by atoms with Crippen LogP contribution >= 0.6 is 12.2 Å². The second kappa shape index (κ2) is 5.66. The topological polar surface area (TPSA) is 73.6 Å². The quantitative estimate of drug-likeness (QED) is 0.776. The van der Waals surface area contributed by atoms with E-state index in [1.54, 1.807) is 20.3 Å². The molecule has 108 valence electrons. The van der Waals surface area contributed by atoms with E-state index in [1.165, 1.54) is 0 Å². The first-order chi connectivity index (χ1) is 9.53. The molecule has 3 N–H and O–H groups in total. The first-order valence-electron chi connectivity index (χ1n) is 6.32. The number of hydrogen-bond donors (Lipinski definition) is 2. The molecule has 1 aliphatic carbocycles. The molecule has 1 saturated carbocycles. The Hall–Kier alpha value is -1.82. The summed E-state index contributed by atoms with van der Waals surface area (Å²) >= 11 is 4.95. The molecule has 1 aromatic carbocycles. The van der Waals surface area contributed by atoms with Crippen molar-refractivity contribution in [2.24, 2.45) is 11.1 Å². The van der Waals surface area contributed by atoms with E-state index in [9.17, 15) is 4.79 Å². The molecule has 5 nitrogen and oxygen atoms in total. The highest BCUT2D eigenvalue weighted by Gasteiger charge is 2.52. The number of ether oxygens (including phenoxy) is 2. The molecule has 0 bridgehead atoms. The van der Waals surface area contributed by atoms with Crippen molar-refractivity contribution in [2.45, 2.75) is 19.4 Å². The number of nitrogens with two attached hydrogens (primary N) is 1. The average molecular weight is 294 g/mol. The van der Waals surface area contributed by atoms with Gasteiger partial charge in [0.15, 0.2) is 11.5 Å². The fourth-order valence-corrected chi connectivity index (χ4v) is 2.35. The molecular formula is C14H18N2O3S. The number of carbonyl (C=O) groups is 1. The third-order valence-electron chi connectivity index (χ3n) is 3.56. The summed E-state index contributed by atoms with van der Waals surface area (Å²) in [5.74, 6) is 1.19. The minimum Gasteiger partial charge on any atom is -0.493 e. The normalized spacial score (nSPS) is 15.3. The molecule has 0 atom stereocenters. The summed E-state index contributed by atoms with van der Waals surface area (Å²) in [6.45, 7) is 0.406. The smallest absolute Gasteiger partial charge is 0.233 e. The van der Waals surface area contributed by atoms with Crippen LogP contribution in [-0.4, -0.2) is 25.1 Å². The Bertz CT molecular complexity index is 541. The van der Waals surface area contributed by atoms with Crippen molar-refractivity contribution < 1.29 is 14.3 Å². The van der Waals surface area contributed by atoms with Gasteiger partial charge in [0.25, 0.3) is 0 Å². The standard InChI is InChI=1S/C14H18N2O3S/c1-18-10-4-3-9(7-11(10)19-2)8-16-13(17)14(5-6-14)12(15)20/h3-4,7H,5-6,8H2,1-2H3,(H2,15,20)(H,16,17). The SMILES string of the molecule is COc1ccc(CNC(=O)C2(C(N)=S)CC2)cc1OC. The molecule has 1 fully saturated rings. The van der Waals surface area contributed by atoms with Gasteiger partial charge in [0.2, 0.25) is 5.91 Å². The molecule has 0 aromatic heterocycles. The maximum Gasteiger partial charge on any atom is 0.233 e. The first kappa shape index (κ1) is 14.6. The van der Waals surface area contributed by atoms with Gasteiger partial charge in [-0.1, -0.05) is 18.3 Å². The predicted molar refractivity (Wildman–Crippen MR) is 79.8 cm³/mol. The second-order valence-corrected chi connectivity index (χ2v) is 5.26. The maximum absolute atomic E-state index is 12.1. The van der Waals surface area contributed by atoms with Gasteiger partial charge >= 0.3 is 0 Å². The van der Waals surface area contributed by atoms with Crippen LogP contribution in [0.15, 0.2) is 18.2 Å². The Balaban J connectivity index is 2.01. The van der Waals surface area contributed by atoms with E-state index >= 15 is 0 Å². The maximum atomic E-state index is 12.1. The third kappa shape index (κ3) is 2.70. The Kier molecular flexibility index (Phi) is 4.13. The summed E-state index contributed by atoms with van der Waals surface area (Å²) in [6.07, 6.45) is 1.47. The lowest BCUT2D eigenvalue weighted by atomic mass is 10.1. The highest BCUT2D eigenvalue weighted by molar-refractivity contribution is 7.80. The van der Waals surface area contributed by atoms with Crippen molar-refractivity contribution in [1.29, 1.82) is 0 Å². The molecule has 0 spiro atoms. The number of amides is 1. The van der Waals surface area contributed by atoms with Gasteiger partial charge in [0, 0.05) is 6.54 Å². The Morgan fingerprint density at radius 3 is 2.50 bits per heavy atom. The lowest BCUT2D eigenvalue weighted by molar-refractivity contribution is -0.124. The van der Waals surface area contributed by atoms with Crippen molar-refractivity contribution in [3.8, 4) is 11.5 Å². The monoisotopic (exact) mass is 294 g/mol. The molecule has 1 amide bonds. The van der Waals surface area contributed by atoms with E-state index in [2.05, 4.69) is 5.32 Å². The van der Waals surface area contributed by atoms with Crippen LogP contribution in [0.5, 0.6) is 11.5 Å². The number of methoxy groups -OCH3 is 2. The minimum atomic E-state index is -0.619. The van der Waals surface area contributed by atoms with Crippen LogP contribution in [0.2, 0.25) is 0 Å². The molecule has 0 aliphatic heterocycles. The molecule has 6 heteroatoms. The molecular weight excluding hydrogens is 276 g/mol. The summed E-state index contributed by atoms with van der Waals surface area (Å²) < 4.78 is 10.4. The first-order valence-corrected chi connectivity index (χ1v) is 6.73. The van der Waals surface area contributed by atoms with Crippen molar-refractivity contribution in [2.75, 3.05) is 14.2 Å². The van der Waals surface area contributed by atoms with Gasteiger partial charge in [-0.05, 0) is 30.5 Å². The number of carbonyl (C=O) groups excluding carboxylic acids is 1. The van der Waals surface area contributed by atoms with Crippen molar-refractivity contribution in [3.63, 3.8) is 0 Å². The van der Waals surface area contributed by atoms with Gasteiger partial charge in [-0.3, -0.25) is 4.79 Å². The van der Waals surface area contributed by atoms with E-state index in [1.807, 2.05) is 12.1 Å². The Morgan fingerprint density at radius 2 is 2.00 bits per heavy atom. The van der Waals surface area contributed by atoms with Crippen LogP contribution in [0, 0.1) is 5.41 Å². The van der Waals surface area contributed by atoms with E-state index in [0.717, 1.165) is 18.4 Å². The van der Waals surface area contributed by atoms with Crippen molar-refractivity contribution in [3.05, 3.63) is 23.8 Å². The zero-order valence-electron chi connectivity index (χ0n) is 11.6. The van der Waals surface area contributed by atoms with Crippen LogP contribution < -0.4 is 20.5 Å². The van der Waals surface area contributed by atoms with Crippen molar-refractivity contribution in [1.82, 2.24) is 5.32 Å². The molecule has 0 saturated heterocycles. The minimum absolute atomic E-state index is 0.0974. The van der Waals surface area contributed by atoms with Crippen LogP contribution in [0.3, 0.4) is 0 Å². The molecule has 1 aliphatic rings. The molecule has 20 heavy (non-hydrogen) atoms. The summed E-state index contributed by atoms with van der Waals surface area (Å²) in [5.41, 5.74) is 5.93. The summed E-state index contributed by atoms with van der Waals surface area (Å²) in [6, 6.07) is 5.52. The lowest BCUT2D eigenvalue weighted by Gasteiger charge is -2.14. The number of benzene rings is 1. The number of hydrogen-bond acceptors (Lipinski definition) is 4. The van der Waals surface area contributed by atoms with Gasteiger partial charge < -0.3 is 20.5 Å². The van der Waals surface area contributed by atoms with Gasteiger partial charge in [-0.15, -0.1) is 0 Å².